The van der Waals surface area contributed by atoms with Crippen LogP contribution < -0.4 is 0 Å². The molecule has 0 spiro atoms. The van der Waals surface area contributed by atoms with Crippen LogP contribution in [0.5, 0.6) is 0 Å². The number of nitrogens with zero attached hydrogens (tertiary/aromatic N) is 1. The van der Waals surface area contributed by atoms with E-state index in [1.54, 1.807) is 0 Å². The SMILES string of the molecule is CCCCCCCC/C=C/CCCCCCCCCC(=O)O[C@H](COC(=O)CCCCC/C=C/CCCCCCCC)COP(=O)(O)OCC[N+](C)(C)C. The van der Waals surface area contributed by atoms with Crippen LogP contribution in [-0.2, 0) is 32.7 Å². The highest BCUT2D eigenvalue weighted by Gasteiger charge is 2.27. The van der Waals surface area contributed by atoms with E-state index in [0.717, 1.165) is 51.4 Å². The number of likely N-dealkylation sites (N-methyl/N-ethyl adjacent to an activating group) is 1. The van der Waals surface area contributed by atoms with Crippen LogP contribution in [0.15, 0.2) is 24.3 Å². The van der Waals surface area contributed by atoms with Crippen molar-refractivity contribution in [1.82, 2.24) is 0 Å². The highest BCUT2D eigenvalue weighted by molar-refractivity contribution is 7.47. The highest BCUT2D eigenvalue weighted by atomic mass is 31.2. The van der Waals surface area contributed by atoms with Crippen molar-refractivity contribution in [3.63, 3.8) is 0 Å². The Bertz CT molecular complexity index is 980. The summed E-state index contributed by atoms with van der Waals surface area (Å²) in [4.78, 5) is 35.3. The number of ether oxygens (including phenoxy) is 2. The third-order valence-electron chi connectivity index (χ3n) is 9.45. The molecule has 0 heterocycles. The maximum atomic E-state index is 12.7. The molecule has 1 unspecified atom stereocenters. The number of unbranched alkanes of at least 4 members (excludes halogenated alkanes) is 22. The van der Waals surface area contributed by atoms with Crippen LogP contribution in [0.1, 0.15) is 194 Å². The predicted molar refractivity (Wildman–Crippen MR) is 224 cm³/mol. The molecule has 0 amide bonds. The summed E-state index contributed by atoms with van der Waals surface area (Å²) in [6.45, 7) is 4.39. The maximum Gasteiger partial charge on any atom is 0.472 e. The molecule has 0 aliphatic heterocycles. The van der Waals surface area contributed by atoms with Crippen LogP contribution in [-0.4, -0.2) is 74.9 Å². The fraction of sp³-hybridized carbons (Fsp3) is 0.864. The topological polar surface area (TPSA) is 108 Å². The number of hydrogen-bond donors (Lipinski definition) is 1. The number of phosphoric ester groups is 1. The summed E-state index contributed by atoms with van der Waals surface area (Å²) in [6.07, 6.45) is 39.3. The van der Waals surface area contributed by atoms with Crippen molar-refractivity contribution in [3.8, 4) is 0 Å². The molecule has 0 aromatic heterocycles. The van der Waals surface area contributed by atoms with E-state index >= 15 is 0 Å². The molecule has 9 nitrogen and oxygen atoms in total. The Morgan fingerprint density at radius 1 is 0.556 bits per heavy atom. The first kappa shape index (κ1) is 52.5. The largest absolute Gasteiger partial charge is 0.472 e. The van der Waals surface area contributed by atoms with E-state index in [4.69, 9.17) is 18.5 Å². The molecule has 0 bridgehead atoms. The maximum absolute atomic E-state index is 12.7. The van der Waals surface area contributed by atoms with E-state index in [-0.39, 0.29) is 32.0 Å². The fourth-order valence-electron chi connectivity index (χ4n) is 5.94. The minimum Gasteiger partial charge on any atom is -0.462 e. The summed E-state index contributed by atoms with van der Waals surface area (Å²) in [6, 6.07) is 0. The van der Waals surface area contributed by atoms with Gasteiger partial charge in [-0.1, -0.05) is 141 Å². The van der Waals surface area contributed by atoms with Gasteiger partial charge in [0.25, 0.3) is 0 Å². The molecule has 318 valence electrons. The van der Waals surface area contributed by atoms with E-state index in [1.807, 2.05) is 21.1 Å². The van der Waals surface area contributed by atoms with Gasteiger partial charge in [0.2, 0.25) is 0 Å². The molecule has 0 aliphatic rings. The minimum absolute atomic E-state index is 0.0298. The average Bonchev–Trinajstić information content (AvgIpc) is 3.12. The second-order valence-corrected chi connectivity index (χ2v) is 17.5. The number of quaternary nitrogens is 1. The van der Waals surface area contributed by atoms with Gasteiger partial charge in [-0.05, 0) is 64.2 Å². The molecule has 2 atom stereocenters. The summed E-state index contributed by atoms with van der Waals surface area (Å²) >= 11 is 0. The van der Waals surface area contributed by atoms with Gasteiger partial charge >= 0.3 is 19.8 Å². The van der Waals surface area contributed by atoms with Gasteiger partial charge in [-0.3, -0.25) is 18.6 Å². The van der Waals surface area contributed by atoms with Crippen molar-refractivity contribution >= 4 is 19.8 Å². The minimum atomic E-state index is -4.37. The van der Waals surface area contributed by atoms with E-state index < -0.39 is 26.5 Å². The number of carbonyl (C=O) groups excluding carboxylic acids is 2. The van der Waals surface area contributed by atoms with Crippen LogP contribution >= 0.6 is 7.82 Å². The van der Waals surface area contributed by atoms with Crippen molar-refractivity contribution in [2.75, 3.05) is 47.5 Å². The Hall–Kier alpha value is -1.51. The molecule has 0 aromatic carbocycles. The molecule has 0 radical (unpaired) electrons. The monoisotopic (exact) mass is 787 g/mol. The third kappa shape index (κ3) is 40.2. The Morgan fingerprint density at radius 2 is 0.944 bits per heavy atom. The zero-order valence-electron chi connectivity index (χ0n) is 35.7. The second kappa shape index (κ2) is 37.1. The van der Waals surface area contributed by atoms with Crippen LogP contribution in [0.4, 0.5) is 0 Å². The molecule has 1 N–H and O–H groups in total. The molecular formula is C44H85NO8P+. The summed E-state index contributed by atoms with van der Waals surface area (Å²) in [5.74, 6) is -0.819. The molecule has 0 rings (SSSR count). The van der Waals surface area contributed by atoms with Gasteiger partial charge in [0.05, 0.1) is 27.7 Å². The molecule has 0 saturated carbocycles. The Morgan fingerprint density at radius 3 is 1.39 bits per heavy atom. The zero-order chi connectivity index (χ0) is 40.0. The van der Waals surface area contributed by atoms with Crippen LogP contribution in [0, 0.1) is 0 Å². The average molecular weight is 787 g/mol. The molecule has 10 heteroatoms. The van der Waals surface area contributed by atoms with Crippen LogP contribution in [0.2, 0.25) is 0 Å². The van der Waals surface area contributed by atoms with Gasteiger partial charge in [-0.2, -0.15) is 0 Å². The first-order valence-corrected chi connectivity index (χ1v) is 23.6. The molecule has 0 aromatic rings. The summed E-state index contributed by atoms with van der Waals surface area (Å²) in [7, 11) is 1.47. The molecule has 54 heavy (non-hydrogen) atoms. The third-order valence-corrected chi connectivity index (χ3v) is 10.4. The lowest BCUT2D eigenvalue weighted by atomic mass is 10.1. The second-order valence-electron chi connectivity index (χ2n) is 16.1. The van der Waals surface area contributed by atoms with Crippen molar-refractivity contribution < 1.29 is 42.1 Å². The van der Waals surface area contributed by atoms with Crippen LogP contribution in [0.3, 0.4) is 0 Å². The van der Waals surface area contributed by atoms with Gasteiger partial charge in [-0.25, -0.2) is 4.57 Å². The first-order valence-electron chi connectivity index (χ1n) is 22.1. The Balaban J connectivity index is 4.37. The van der Waals surface area contributed by atoms with Gasteiger partial charge in [0.15, 0.2) is 6.10 Å². The van der Waals surface area contributed by atoms with Gasteiger partial charge in [0.1, 0.15) is 19.8 Å². The van der Waals surface area contributed by atoms with Crippen LogP contribution in [0.25, 0.3) is 0 Å². The quantitative estimate of drug-likeness (QED) is 0.0215. The number of rotatable bonds is 40. The van der Waals surface area contributed by atoms with Gasteiger partial charge in [-0.15, -0.1) is 0 Å². The van der Waals surface area contributed by atoms with Gasteiger partial charge < -0.3 is 18.9 Å². The smallest absolute Gasteiger partial charge is 0.462 e. The standard InChI is InChI=1S/C44H84NO8P/c1-6-8-10-12-14-16-18-20-21-22-23-25-27-29-31-33-35-37-44(47)53-42(41-52-54(48,49)51-39-38-45(3,4)5)40-50-43(46)36-34-32-30-28-26-24-19-17-15-13-11-9-7-2/h20-21,24,26,42H,6-19,22-23,25,27-41H2,1-5H3/p+1/b21-20+,26-24+/t42-/m1/s1. The lowest BCUT2D eigenvalue weighted by molar-refractivity contribution is -0.870. The van der Waals surface area contributed by atoms with Gasteiger partial charge in [0, 0.05) is 12.8 Å². The Labute approximate surface area is 332 Å². The van der Waals surface area contributed by atoms with E-state index in [9.17, 15) is 19.0 Å². The fourth-order valence-corrected chi connectivity index (χ4v) is 6.69. The summed E-state index contributed by atoms with van der Waals surface area (Å²) in [5.41, 5.74) is 0. The van der Waals surface area contributed by atoms with Crippen molar-refractivity contribution in [3.05, 3.63) is 24.3 Å². The van der Waals surface area contributed by atoms with Crippen molar-refractivity contribution in [1.29, 1.82) is 0 Å². The van der Waals surface area contributed by atoms with E-state index in [1.165, 1.54) is 103 Å². The van der Waals surface area contributed by atoms with Crippen molar-refractivity contribution in [2.24, 2.45) is 0 Å². The Kier molecular flexibility index (Phi) is 36.1. The zero-order valence-corrected chi connectivity index (χ0v) is 36.6. The summed E-state index contributed by atoms with van der Waals surface area (Å²) < 4.78 is 34.3. The highest BCUT2D eigenvalue weighted by Crippen LogP contribution is 2.43. The lowest BCUT2D eigenvalue weighted by Gasteiger charge is -2.24. The van der Waals surface area contributed by atoms with E-state index in [0.29, 0.717) is 23.9 Å². The molecular weight excluding hydrogens is 701 g/mol. The normalized spacial score (nSPS) is 13.8. The number of carbonyl (C=O) groups is 2. The summed E-state index contributed by atoms with van der Waals surface area (Å²) in [5, 5.41) is 0. The molecule has 0 aliphatic carbocycles. The number of phosphoric acid groups is 1. The number of hydrogen-bond acceptors (Lipinski definition) is 7. The number of allylic oxidation sites excluding steroid dienone is 4. The number of esters is 2. The molecule has 0 saturated heterocycles. The first-order chi connectivity index (χ1) is 26.0. The predicted octanol–water partition coefficient (Wildman–Crippen LogP) is 12.4. The lowest BCUT2D eigenvalue weighted by Crippen LogP contribution is -2.37. The molecule has 0 fully saturated rings. The van der Waals surface area contributed by atoms with E-state index in [2.05, 4.69) is 38.2 Å². The van der Waals surface area contributed by atoms with Crippen molar-refractivity contribution in [2.45, 2.75) is 200 Å².